The van der Waals surface area contributed by atoms with Crippen LogP contribution in [0.15, 0.2) is 72.9 Å². The number of hydrogen-bond donors (Lipinski definition) is 2. The third-order valence-electron chi connectivity index (χ3n) is 4.07. The lowest BCUT2D eigenvalue weighted by Gasteiger charge is -2.08. The zero-order valence-corrected chi connectivity index (χ0v) is 14.9. The zero-order valence-electron chi connectivity index (χ0n) is 14.9. The molecule has 1 amide bonds. The number of aromatic nitrogens is 1. The first-order valence-electron chi connectivity index (χ1n) is 8.82. The Morgan fingerprint density at radius 3 is 2.54 bits per heavy atom. The summed E-state index contributed by atoms with van der Waals surface area (Å²) in [5, 5.41) is 6.21. The number of carbonyl (C=O) groups is 1. The van der Waals surface area contributed by atoms with Crippen LogP contribution in [-0.2, 0) is 6.42 Å². The average molecular weight is 345 g/mol. The van der Waals surface area contributed by atoms with Gasteiger partial charge in [-0.05, 0) is 55.2 Å². The number of carbonyl (C=O) groups excluding carboxylic acids is 1. The summed E-state index contributed by atoms with van der Waals surface area (Å²) in [5.41, 5.74) is 4.77. The van der Waals surface area contributed by atoms with Gasteiger partial charge in [0.05, 0.1) is 11.9 Å². The number of anilines is 2. The zero-order chi connectivity index (χ0) is 18.2. The maximum absolute atomic E-state index is 12.2. The van der Waals surface area contributed by atoms with Crippen molar-refractivity contribution in [3.8, 4) is 0 Å². The van der Waals surface area contributed by atoms with E-state index in [2.05, 4.69) is 46.8 Å². The number of aryl methyl sites for hydroxylation is 2. The number of nitrogens with zero attached hydrogens (tertiary/aromatic N) is 1. The van der Waals surface area contributed by atoms with Gasteiger partial charge >= 0.3 is 0 Å². The van der Waals surface area contributed by atoms with Gasteiger partial charge in [-0.15, -0.1) is 0 Å². The van der Waals surface area contributed by atoms with Crippen LogP contribution in [0.2, 0.25) is 0 Å². The van der Waals surface area contributed by atoms with E-state index in [0.29, 0.717) is 12.2 Å². The van der Waals surface area contributed by atoms with Crippen LogP contribution in [0.1, 0.15) is 28.0 Å². The van der Waals surface area contributed by atoms with E-state index in [4.69, 9.17) is 0 Å². The number of benzene rings is 2. The molecule has 3 aromatic rings. The SMILES string of the molecule is Cc1cccc(Nc2ccc(C(=O)NCCCc3ccccc3)nc2)c1. The highest BCUT2D eigenvalue weighted by Gasteiger charge is 2.06. The summed E-state index contributed by atoms with van der Waals surface area (Å²) >= 11 is 0. The largest absolute Gasteiger partial charge is 0.354 e. The molecule has 4 nitrogen and oxygen atoms in total. The van der Waals surface area contributed by atoms with Crippen molar-refractivity contribution in [3.05, 3.63) is 89.7 Å². The van der Waals surface area contributed by atoms with E-state index < -0.39 is 0 Å². The van der Waals surface area contributed by atoms with Crippen molar-refractivity contribution in [1.82, 2.24) is 10.3 Å². The number of rotatable bonds is 7. The maximum atomic E-state index is 12.2. The molecule has 0 unspecified atom stereocenters. The van der Waals surface area contributed by atoms with Crippen molar-refractivity contribution in [1.29, 1.82) is 0 Å². The Hall–Kier alpha value is -3.14. The first kappa shape index (κ1) is 17.7. The normalized spacial score (nSPS) is 10.3. The molecule has 132 valence electrons. The van der Waals surface area contributed by atoms with E-state index in [1.807, 2.05) is 36.4 Å². The lowest BCUT2D eigenvalue weighted by molar-refractivity contribution is 0.0948. The smallest absolute Gasteiger partial charge is 0.269 e. The van der Waals surface area contributed by atoms with Gasteiger partial charge in [-0.25, -0.2) is 4.98 Å². The molecule has 0 aliphatic heterocycles. The lowest BCUT2D eigenvalue weighted by Crippen LogP contribution is -2.25. The van der Waals surface area contributed by atoms with Gasteiger partial charge in [0.2, 0.25) is 0 Å². The molecule has 0 spiro atoms. The lowest BCUT2D eigenvalue weighted by atomic mass is 10.1. The van der Waals surface area contributed by atoms with Crippen molar-refractivity contribution in [2.24, 2.45) is 0 Å². The van der Waals surface area contributed by atoms with Crippen LogP contribution in [0.25, 0.3) is 0 Å². The highest BCUT2D eigenvalue weighted by molar-refractivity contribution is 5.92. The van der Waals surface area contributed by atoms with E-state index in [1.54, 1.807) is 12.3 Å². The Kier molecular flexibility index (Phi) is 5.99. The van der Waals surface area contributed by atoms with Crippen molar-refractivity contribution in [2.45, 2.75) is 19.8 Å². The van der Waals surface area contributed by atoms with Crippen LogP contribution in [0.3, 0.4) is 0 Å². The number of amides is 1. The van der Waals surface area contributed by atoms with E-state index in [9.17, 15) is 4.79 Å². The highest BCUT2D eigenvalue weighted by Crippen LogP contribution is 2.16. The van der Waals surface area contributed by atoms with Gasteiger partial charge in [-0.1, -0.05) is 42.5 Å². The Balaban J connectivity index is 1.47. The predicted molar refractivity (Wildman–Crippen MR) is 106 cm³/mol. The molecular formula is C22H23N3O. The van der Waals surface area contributed by atoms with E-state index in [-0.39, 0.29) is 5.91 Å². The van der Waals surface area contributed by atoms with Crippen molar-refractivity contribution in [2.75, 3.05) is 11.9 Å². The molecule has 1 aromatic heterocycles. The minimum absolute atomic E-state index is 0.139. The van der Waals surface area contributed by atoms with Gasteiger partial charge in [-0.2, -0.15) is 0 Å². The van der Waals surface area contributed by atoms with Crippen LogP contribution < -0.4 is 10.6 Å². The second kappa shape index (κ2) is 8.81. The Bertz CT molecular complexity index is 845. The quantitative estimate of drug-likeness (QED) is 0.620. The molecule has 3 rings (SSSR count). The Morgan fingerprint density at radius 2 is 1.81 bits per heavy atom. The van der Waals surface area contributed by atoms with Crippen LogP contribution in [0.4, 0.5) is 11.4 Å². The maximum Gasteiger partial charge on any atom is 0.269 e. The van der Waals surface area contributed by atoms with E-state index >= 15 is 0 Å². The number of hydrogen-bond acceptors (Lipinski definition) is 3. The molecule has 0 radical (unpaired) electrons. The summed E-state index contributed by atoms with van der Waals surface area (Å²) in [7, 11) is 0. The van der Waals surface area contributed by atoms with Gasteiger partial charge in [-0.3, -0.25) is 4.79 Å². The Morgan fingerprint density at radius 1 is 0.962 bits per heavy atom. The highest BCUT2D eigenvalue weighted by atomic mass is 16.1. The standard InChI is InChI=1S/C22H23N3O/c1-17-7-5-11-19(15-17)25-20-12-13-21(24-16-20)22(26)23-14-6-10-18-8-3-2-4-9-18/h2-5,7-9,11-13,15-16,25H,6,10,14H2,1H3,(H,23,26). The third-order valence-corrected chi connectivity index (χ3v) is 4.07. The van der Waals surface area contributed by atoms with Gasteiger partial charge in [0.1, 0.15) is 5.69 Å². The number of pyridine rings is 1. The van der Waals surface area contributed by atoms with Crippen LogP contribution >= 0.6 is 0 Å². The fourth-order valence-electron chi connectivity index (χ4n) is 2.72. The summed E-state index contributed by atoms with van der Waals surface area (Å²) in [6.45, 7) is 2.69. The van der Waals surface area contributed by atoms with E-state index in [0.717, 1.165) is 24.2 Å². The topological polar surface area (TPSA) is 54.0 Å². The molecule has 0 bridgehead atoms. The third kappa shape index (κ3) is 5.18. The van der Waals surface area contributed by atoms with Gasteiger partial charge in [0.15, 0.2) is 0 Å². The molecule has 0 aliphatic rings. The molecule has 2 aromatic carbocycles. The summed E-state index contributed by atoms with van der Waals surface area (Å²) in [6, 6.07) is 22.0. The number of nitrogens with one attached hydrogen (secondary N) is 2. The van der Waals surface area contributed by atoms with Crippen LogP contribution in [-0.4, -0.2) is 17.4 Å². The summed E-state index contributed by atoms with van der Waals surface area (Å²) in [5.74, 6) is -0.139. The molecule has 0 atom stereocenters. The second-order valence-electron chi connectivity index (χ2n) is 6.27. The fraction of sp³-hybridized carbons (Fsp3) is 0.182. The molecule has 0 saturated carbocycles. The first-order valence-corrected chi connectivity index (χ1v) is 8.82. The van der Waals surface area contributed by atoms with Crippen molar-refractivity contribution >= 4 is 17.3 Å². The molecule has 0 aliphatic carbocycles. The van der Waals surface area contributed by atoms with Gasteiger partial charge in [0.25, 0.3) is 5.91 Å². The fourth-order valence-corrected chi connectivity index (χ4v) is 2.72. The minimum Gasteiger partial charge on any atom is -0.354 e. The predicted octanol–water partition coefficient (Wildman–Crippen LogP) is 4.50. The monoisotopic (exact) mass is 345 g/mol. The molecule has 0 fully saturated rings. The van der Waals surface area contributed by atoms with Crippen LogP contribution in [0, 0.1) is 6.92 Å². The molecular weight excluding hydrogens is 322 g/mol. The first-order chi connectivity index (χ1) is 12.7. The van der Waals surface area contributed by atoms with Gasteiger partial charge in [0, 0.05) is 12.2 Å². The molecule has 4 heteroatoms. The summed E-state index contributed by atoms with van der Waals surface area (Å²) < 4.78 is 0. The van der Waals surface area contributed by atoms with Gasteiger partial charge < -0.3 is 10.6 Å². The summed E-state index contributed by atoms with van der Waals surface area (Å²) in [6.07, 6.45) is 3.54. The molecule has 26 heavy (non-hydrogen) atoms. The van der Waals surface area contributed by atoms with Crippen LogP contribution in [0.5, 0.6) is 0 Å². The Labute approximate surface area is 154 Å². The molecule has 1 heterocycles. The average Bonchev–Trinajstić information content (AvgIpc) is 2.66. The van der Waals surface area contributed by atoms with E-state index in [1.165, 1.54) is 11.1 Å². The second-order valence-corrected chi connectivity index (χ2v) is 6.27. The minimum atomic E-state index is -0.139. The van der Waals surface area contributed by atoms with Crippen molar-refractivity contribution < 1.29 is 4.79 Å². The summed E-state index contributed by atoms with van der Waals surface area (Å²) in [4.78, 5) is 16.4. The molecule has 2 N–H and O–H groups in total. The van der Waals surface area contributed by atoms with Crippen molar-refractivity contribution in [3.63, 3.8) is 0 Å². The molecule has 0 saturated heterocycles.